The molecule has 1 N–H and O–H groups in total. The Balaban J connectivity index is 1.39. The topological polar surface area (TPSA) is 52.7 Å². The van der Waals surface area contributed by atoms with Gasteiger partial charge in [-0.05, 0) is 29.7 Å². The molecule has 0 bridgehead atoms. The third kappa shape index (κ3) is 7.30. The molecule has 3 aromatic rings. The number of rotatable bonds is 11. The van der Waals surface area contributed by atoms with E-state index < -0.39 is 0 Å². The average molecular weight is 498 g/mol. The molecule has 5 heteroatoms. The first kappa shape index (κ1) is 26.6. The smallest absolute Gasteiger partial charge is 0.256 e. The molecule has 2 amide bonds. The van der Waals surface area contributed by atoms with E-state index in [9.17, 15) is 9.59 Å². The van der Waals surface area contributed by atoms with Crippen molar-refractivity contribution in [3.05, 3.63) is 102 Å². The van der Waals surface area contributed by atoms with Gasteiger partial charge in [-0.25, -0.2) is 0 Å². The van der Waals surface area contributed by atoms with E-state index in [1.54, 1.807) is 0 Å². The summed E-state index contributed by atoms with van der Waals surface area (Å²) >= 11 is 0. The monoisotopic (exact) mass is 497 g/mol. The van der Waals surface area contributed by atoms with Gasteiger partial charge in [0.25, 0.3) is 5.91 Å². The van der Waals surface area contributed by atoms with Crippen LogP contribution in [0, 0.1) is 0 Å². The molecule has 1 aliphatic rings. The highest BCUT2D eigenvalue weighted by Crippen LogP contribution is 2.30. The molecule has 0 spiro atoms. The summed E-state index contributed by atoms with van der Waals surface area (Å²) < 4.78 is 0. The van der Waals surface area contributed by atoms with Crippen molar-refractivity contribution >= 4 is 17.5 Å². The van der Waals surface area contributed by atoms with Gasteiger partial charge < -0.3 is 10.2 Å². The van der Waals surface area contributed by atoms with Crippen molar-refractivity contribution in [2.24, 2.45) is 0 Å². The molecule has 0 aliphatic carbocycles. The minimum atomic E-state index is -0.0190. The predicted octanol–water partition coefficient (Wildman–Crippen LogP) is 6.53. The fraction of sp³-hybridized carbons (Fsp3) is 0.375. The Bertz CT molecular complexity index is 1090. The highest BCUT2D eigenvalue weighted by atomic mass is 16.2. The zero-order valence-corrected chi connectivity index (χ0v) is 21.9. The highest BCUT2D eigenvalue weighted by Gasteiger charge is 2.29. The Kier molecular flexibility index (Phi) is 9.89. The molecule has 1 heterocycles. The first-order chi connectivity index (χ1) is 18.2. The first-order valence-electron chi connectivity index (χ1n) is 13.7. The van der Waals surface area contributed by atoms with Crippen LogP contribution >= 0.6 is 0 Å². The number of carbonyl (C=O) groups excluding carboxylic acids is 2. The largest absolute Gasteiger partial charge is 0.336 e. The van der Waals surface area contributed by atoms with Crippen molar-refractivity contribution in [3.8, 4) is 0 Å². The van der Waals surface area contributed by atoms with E-state index in [1.807, 2.05) is 41.3 Å². The Labute approximate surface area is 221 Å². The number of unbranched alkanes of at least 4 members (excludes halogenated alkanes) is 4. The minimum Gasteiger partial charge on any atom is -0.336 e. The van der Waals surface area contributed by atoms with Gasteiger partial charge in [0.05, 0.1) is 17.3 Å². The standard InChI is InChI=1S/C32H39N3O2/c1-2-3-4-5-12-21-30(36)33-29-20-14-13-19-28(29)32(37)35-24-22-34(23-25-35)31(26-15-8-6-9-16-26)27-17-10-7-11-18-27/h6-11,13-20,31H,2-5,12,21-25H2,1H3,(H,33,36). The normalized spacial score (nSPS) is 14.1. The maximum atomic E-state index is 13.5. The number of carbonyl (C=O) groups is 2. The third-order valence-electron chi connectivity index (χ3n) is 7.14. The van der Waals surface area contributed by atoms with Gasteiger partial charge in [-0.2, -0.15) is 0 Å². The van der Waals surface area contributed by atoms with Crippen molar-refractivity contribution in [3.63, 3.8) is 0 Å². The lowest BCUT2D eigenvalue weighted by Gasteiger charge is -2.40. The van der Waals surface area contributed by atoms with Gasteiger partial charge in [0.1, 0.15) is 0 Å². The van der Waals surface area contributed by atoms with Gasteiger partial charge in [-0.1, -0.05) is 105 Å². The van der Waals surface area contributed by atoms with Crippen LogP contribution in [0.1, 0.15) is 73.0 Å². The van der Waals surface area contributed by atoms with Gasteiger partial charge >= 0.3 is 0 Å². The molecule has 37 heavy (non-hydrogen) atoms. The van der Waals surface area contributed by atoms with Crippen molar-refractivity contribution in [2.75, 3.05) is 31.5 Å². The van der Waals surface area contributed by atoms with Crippen LogP contribution in [0.2, 0.25) is 0 Å². The van der Waals surface area contributed by atoms with E-state index in [4.69, 9.17) is 0 Å². The number of anilines is 1. The van der Waals surface area contributed by atoms with Crippen molar-refractivity contribution < 1.29 is 9.59 Å². The van der Waals surface area contributed by atoms with Crippen LogP contribution in [-0.2, 0) is 4.79 Å². The van der Waals surface area contributed by atoms with Gasteiger partial charge in [0.2, 0.25) is 5.91 Å². The van der Waals surface area contributed by atoms with Crippen molar-refractivity contribution in [2.45, 2.75) is 51.5 Å². The van der Waals surface area contributed by atoms with E-state index in [0.29, 0.717) is 30.8 Å². The van der Waals surface area contributed by atoms with Gasteiger partial charge in [-0.3, -0.25) is 14.5 Å². The Morgan fingerprint density at radius 3 is 1.92 bits per heavy atom. The SMILES string of the molecule is CCCCCCCC(=O)Nc1ccccc1C(=O)N1CCN(C(c2ccccc2)c2ccccc2)CC1. The summed E-state index contributed by atoms with van der Waals surface area (Å²) in [6.07, 6.45) is 6.01. The predicted molar refractivity (Wildman–Crippen MR) is 151 cm³/mol. The maximum absolute atomic E-state index is 13.5. The lowest BCUT2D eigenvalue weighted by Crippen LogP contribution is -2.50. The number of hydrogen-bond acceptors (Lipinski definition) is 3. The van der Waals surface area contributed by atoms with Crippen LogP contribution in [0.3, 0.4) is 0 Å². The molecular weight excluding hydrogens is 458 g/mol. The molecule has 3 aromatic carbocycles. The fourth-order valence-electron chi connectivity index (χ4n) is 5.12. The molecule has 1 saturated heterocycles. The van der Waals surface area contributed by atoms with Gasteiger partial charge in [0, 0.05) is 32.6 Å². The van der Waals surface area contributed by atoms with Crippen LogP contribution in [0.25, 0.3) is 0 Å². The summed E-state index contributed by atoms with van der Waals surface area (Å²) in [6, 6.07) is 28.7. The van der Waals surface area contributed by atoms with Crippen LogP contribution in [-0.4, -0.2) is 47.8 Å². The maximum Gasteiger partial charge on any atom is 0.256 e. The number of nitrogens with zero attached hydrogens (tertiary/aromatic N) is 2. The van der Waals surface area contributed by atoms with E-state index in [2.05, 4.69) is 65.7 Å². The van der Waals surface area contributed by atoms with E-state index in [0.717, 1.165) is 25.9 Å². The Morgan fingerprint density at radius 2 is 1.30 bits per heavy atom. The Morgan fingerprint density at radius 1 is 0.730 bits per heavy atom. The highest BCUT2D eigenvalue weighted by molar-refractivity contribution is 6.03. The number of piperazine rings is 1. The van der Waals surface area contributed by atoms with Crippen LogP contribution in [0.5, 0.6) is 0 Å². The summed E-state index contributed by atoms with van der Waals surface area (Å²) in [6.45, 7) is 5.05. The lowest BCUT2D eigenvalue weighted by atomic mass is 9.96. The molecule has 194 valence electrons. The van der Waals surface area contributed by atoms with Gasteiger partial charge in [-0.15, -0.1) is 0 Å². The number of para-hydroxylation sites is 1. The van der Waals surface area contributed by atoms with Crippen LogP contribution in [0.4, 0.5) is 5.69 Å². The molecule has 1 aliphatic heterocycles. The summed E-state index contributed by atoms with van der Waals surface area (Å²) in [5.74, 6) is -0.0374. The Hall–Kier alpha value is -3.44. The van der Waals surface area contributed by atoms with Crippen molar-refractivity contribution in [1.29, 1.82) is 0 Å². The molecule has 0 atom stereocenters. The molecule has 4 rings (SSSR count). The number of hydrogen-bond donors (Lipinski definition) is 1. The van der Waals surface area contributed by atoms with Crippen LogP contribution < -0.4 is 5.32 Å². The first-order valence-corrected chi connectivity index (χ1v) is 13.7. The molecule has 0 radical (unpaired) electrons. The van der Waals surface area contributed by atoms with E-state index in [-0.39, 0.29) is 17.9 Å². The fourth-order valence-corrected chi connectivity index (χ4v) is 5.12. The second kappa shape index (κ2) is 13.8. The number of nitrogens with one attached hydrogen (secondary N) is 1. The van der Waals surface area contributed by atoms with Crippen LogP contribution in [0.15, 0.2) is 84.9 Å². The quantitative estimate of drug-likeness (QED) is 0.306. The lowest BCUT2D eigenvalue weighted by molar-refractivity contribution is -0.116. The molecule has 0 aromatic heterocycles. The number of benzene rings is 3. The summed E-state index contributed by atoms with van der Waals surface area (Å²) in [5, 5.41) is 2.99. The second-order valence-electron chi connectivity index (χ2n) is 9.81. The van der Waals surface area contributed by atoms with E-state index in [1.165, 1.54) is 30.4 Å². The summed E-state index contributed by atoms with van der Waals surface area (Å²) in [4.78, 5) is 30.4. The second-order valence-corrected chi connectivity index (χ2v) is 9.81. The molecule has 5 nitrogen and oxygen atoms in total. The number of amides is 2. The van der Waals surface area contributed by atoms with E-state index >= 15 is 0 Å². The zero-order chi connectivity index (χ0) is 25.9. The van der Waals surface area contributed by atoms with Crippen molar-refractivity contribution in [1.82, 2.24) is 9.80 Å². The zero-order valence-electron chi connectivity index (χ0n) is 21.9. The third-order valence-corrected chi connectivity index (χ3v) is 7.14. The van der Waals surface area contributed by atoms with Gasteiger partial charge in [0.15, 0.2) is 0 Å². The average Bonchev–Trinajstić information content (AvgIpc) is 2.95. The minimum absolute atomic E-state index is 0.0184. The molecule has 0 unspecified atom stereocenters. The summed E-state index contributed by atoms with van der Waals surface area (Å²) in [7, 11) is 0. The molecular formula is C32H39N3O2. The summed E-state index contributed by atoms with van der Waals surface area (Å²) in [5.41, 5.74) is 3.70. The molecule has 0 saturated carbocycles. The molecule has 1 fully saturated rings.